The summed E-state index contributed by atoms with van der Waals surface area (Å²) in [5, 5.41) is 4.70. The molecule has 0 amide bonds. The molecule has 0 fully saturated rings. The maximum atomic E-state index is 14.7. The van der Waals surface area contributed by atoms with E-state index in [2.05, 4.69) is 15.2 Å². The molecule has 4 nitrogen and oxygen atoms in total. The molecule has 136 valence electrons. The van der Waals surface area contributed by atoms with Gasteiger partial charge >= 0.3 is 0 Å². The molecule has 0 saturated carbocycles. The van der Waals surface area contributed by atoms with Gasteiger partial charge in [0.2, 0.25) is 0 Å². The topological polar surface area (TPSA) is 37.4 Å². The number of rotatable bonds is 7. The summed E-state index contributed by atoms with van der Waals surface area (Å²) in [4.78, 5) is 6.70. The lowest BCUT2D eigenvalue weighted by Crippen LogP contribution is -2.16. The van der Waals surface area contributed by atoms with Crippen LogP contribution in [0, 0.1) is 5.82 Å². The fraction of sp³-hybridized carbons (Fsp3) is 0.286. The summed E-state index contributed by atoms with van der Waals surface area (Å²) in [5.41, 5.74) is 1.64. The molecule has 0 aliphatic carbocycles. The van der Waals surface area contributed by atoms with Gasteiger partial charge < -0.3 is 15.0 Å². The number of nitrogens with one attached hydrogen (secondary N) is 1. The summed E-state index contributed by atoms with van der Waals surface area (Å²) in [7, 11) is 5.72. The van der Waals surface area contributed by atoms with E-state index in [1.807, 2.05) is 44.4 Å². The van der Waals surface area contributed by atoms with E-state index >= 15 is 0 Å². The lowest BCUT2D eigenvalue weighted by molar-refractivity contribution is 0.405. The SMILES string of the molecule is COc1cccc(-c2cnc(NCCCN(C)C)c3cccc(F)c23)c1. The second-order valence-corrected chi connectivity index (χ2v) is 6.50. The van der Waals surface area contributed by atoms with Crippen LogP contribution >= 0.6 is 0 Å². The molecular formula is C21H24FN3O. The third kappa shape index (κ3) is 3.94. The van der Waals surface area contributed by atoms with Crippen molar-refractivity contribution >= 4 is 16.6 Å². The minimum atomic E-state index is -0.251. The highest BCUT2D eigenvalue weighted by atomic mass is 19.1. The van der Waals surface area contributed by atoms with Crippen molar-refractivity contribution in [2.24, 2.45) is 0 Å². The molecule has 0 saturated heterocycles. The average Bonchev–Trinajstić information content (AvgIpc) is 2.65. The Hall–Kier alpha value is -2.66. The third-order valence-electron chi connectivity index (χ3n) is 4.32. The monoisotopic (exact) mass is 353 g/mol. The lowest BCUT2D eigenvalue weighted by Gasteiger charge is -2.14. The molecular weight excluding hydrogens is 329 g/mol. The Morgan fingerprint density at radius 3 is 2.73 bits per heavy atom. The maximum absolute atomic E-state index is 14.7. The van der Waals surface area contributed by atoms with Crippen LogP contribution in [-0.4, -0.2) is 44.2 Å². The molecule has 0 radical (unpaired) electrons. The van der Waals surface area contributed by atoms with E-state index < -0.39 is 0 Å². The molecule has 0 spiro atoms. The fourth-order valence-corrected chi connectivity index (χ4v) is 3.01. The van der Waals surface area contributed by atoms with Crippen molar-refractivity contribution in [2.45, 2.75) is 6.42 Å². The van der Waals surface area contributed by atoms with Gasteiger partial charge in [0.1, 0.15) is 17.4 Å². The van der Waals surface area contributed by atoms with Crippen LogP contribution in [0.3, 0.4) is 0 Å². The molecule has 0 unspecified atom stereocenters. The number of halogens is 1. The second kappa shape index (κ2) is 8.15. The van der Waals surface area contributed by atoms with Crippen molar-refractivity contribution in [3.63, 3.8) is 0 Å². The number of benzene rings is 2. The van der Waals surface area contributed by atoms with Crippen LogP contribution in [0.5, 0.6) is 5.75 Å². The first-order valence-corrected chi connectivity index (χ1v) is 8.70. The van der Waals surface area contributed by atoms with Crippen molar-refractivity contribution in [2.75, 3.05) is 39.6 Å². The van der Waals surface area contributed by atoms with Crippen LogP contribution in [0.1, 0.15) is 6.42 Å². The summed E-state index contributed by atoms with van der Waals surface area (Å²) in [6.45, 7) is 1.77. The number of hydrogen-bond acceptors (Lipinski definition) is 4. The summed E-state index contributed by atoms with van der Waals surface area (Å²) < 4.78 is 20.0. The Kier molecular flexibility index (Phi) is 5.68. The van der Waals surface area contributed by atoms with Crippen molar-refractivity contribution in [1.82, 2.24) is 9.88 Å². The fourth-order valence-electron chi connectivity index (χ4n) is 3.01. The highest BCUT2D eigenvalue weighted by Gasteiger charge is 2.13. The first-order valence-electron chi connectivity index (χ1n) is 8.70. The molecule has 1 heterocycles. The van der Waals surface area contributed by atoms with Gasteiger partial charge in [0.25, 0.3) is 0 Å². The minimum absolute atomic E-state index is 0.251. The Labute approximate surface area is 153 Å². The third-order valence-corrected chi connectivity index (χ3v) is 4.32. The first-order chi connectivity index (χ1) is 12.6. The normalized spacial score (nSPS) is 11.1. The van der Waals surface area contributed by atoms with Gasteiger partial charge in [-0.05, 0) is 50.8 Å². The minimum Gasteiger partial charge on any atom is -0.497 e. The molecule has 3 rings (SSSR count). The number of ether oxygens (including phenoxy) is 1. The molecule has 0 atom stereocenters. The van der Waals surface area contributed by atoms with E-state index in [1.54, 1.807) is 19.4 Å². The predicted molar refractivity (Wildman–Crippen MR) is 105 cm³/mol. The van der Waals surface area contributed by atoms with Crippen LogP contribution in [0.25, 0.3) is 21.9 Å². The van der Waals surface area contributed by atoms with Crippen LogP contribution in [0.15, 0.2) is 48.7 Å². The van der Waals surface area contributed by atoms with Gasteiger partial charge in [-0.15, -0.1) is 0 Å². The number of hydrogen-bond donors (Lipinski definition) is 1. The number of aromatic nitrogens is 1. The van der Waals surface area contributed by atoms with Gasteiger partial charge in [0, 0.05) is 29.1 Å². The van der Waals surface area contributed by atoms with Crippen LogP contribution in [0.4, 0.5) is 10.2 Å². The molecule has 26 heavy (non-hydrogen) atoms. The van der Waals surface area contributed by atoms with E-state index in [9.17, 15) is 4.39 Å². The largest absolute Gasteiger partial charge is 0.497 e. The smallest absolute Gasteiger partial charge is 0.133 e. The summed E-state index contributed by atoms with van der Waals surface area (Å²) in [6.07, 6.45) is 2.72. The zero-order valence-corrected chi connectivity index (χ0v) is 15.4. The Bertz CT molecular complexity index is 896. The summed E-state index contributed by atoms with van der Waals surface area (Å²) >= 11 is 0. The van der Waals surface area contributed by atoms with Gasteiger partial charge in [-0.1, -0.05) is 24.3 Å². The average molecular weight is 353 g/mol. The van der Waals surface area contributed by atoms with Crippen molar-refractivity contribution in [3.8, 4) is 16.9 Å². The molecule has 1 N–H and O–H groups in total. The van der Waals surface area contributed by atoms with Crippen LogP contribution in [-0.2, 0) is 0 Å². The second-order valence-electron chi connectivity index (χ2n) is 6.50. The standard InChI is InChI=1S/C21H24FN3O/c1-25(2)12-6-11-23-21-17-9-5-10-19(22)20(17)18(14-24-21)15-7-4-8-16(13-15)26-3/h4-5,7-10,13-14H,6,11-12H2,1-3H3,(H,23,24). The Morgan fingerprint density at radius 1 is 1.15 bits per heavy atom. The molecule has 2 aromatic carbocycles. The predicted octanol–water partition coefficient (Wildman–Crippen LogP) is 4.41. The Balaban J connectivity index is 2.00. The van der Waals surface area contributed by atoms with Gasteiger partial charge in [-0.25, -0.2) is 9.37 Å². The lowest BCUT2D eigenvalue weighted by atomic mass is 9.99. The van der Waals surface area contributed by atoms with Gasteiger partial charge in [0.05, 0.1) is 7.11 Å². The number of fused-ring (bicyclic) bond motifs is 1. The van der Waals surface area contributed by atoms with Crippen molar-refractivity contribution in [3.05, 3.63) is 54.5 Å². The molecule has 1 aromatic heterocycles. The molecule has 5 heteroatoms. The summed E-state index contributed by atoms with van der Waals surface area (Å²) in [5.74, 6) is 1.20. The van der Waals surface area contributed by atoms with Crippen molar-refractivity contribution < 1.29 is 9.13 Å². The number of nitrogens with zero attached hydrogens (tertiary/aromatic N) is 2. The van der Waals surface area contributed by atoms with Crippen molar-refractivity contribution in [1.29, 1.82) is 0 Å². The molecule has 0 aliphatic rings. The highest BCUT2D eigenvalue weighted by molar-refractivity contribution is 6.02. The van der Waals surface area contributed by atoms with E-state index in [1.165, 1.54) is 6.07 Å². The highest BCUT2D eigenvalue weighted by Crippen LogP contribution is 2.34. The zero-order chi connectivity index (χ0) is 18.5. The van der Waals surface area contributed by atoms with E-state index in [-0.39, 0.29) is 5.82 Å². The molecule has 3 aromatic rings. The van der Waals surface area contributed by atoms with Crippen LogP contribution < -0.4 is 10.1 Å². The van der Waals surface area contributed by atoms with E-state index in [0.29, 0.717) is 11.2 Å². The van der Waals surface area contributed by atoms with E-state index in [0.717, 1.165) is 41.8 Å². The van der Waals surface area contributed by atoms with Crippen LogP contribution in [0.2, 0.25) is 0 Å². The number of methoxy groups -OCH3 is 1. The number of pyridine rings is 1. The number of anilines is 1. The molecule has 0 aliphatic heterocycles. The zero-order valence-electron chi connectivity index (χ0n) is 15.4. The van der Waals surface area contributed by atoms with Gasteiger partial charge in [-0.3, -0.25) is 0 Å². The quantitative estimate of drug-likeness (QED) is 0.638. The first kappa shape index (κ1) is 18.1. The summed E-state index contributed by atoms with van der Waals surface area (Å²) in [6, 6.07) is 12.7. The van der Waals surface area contributed by atoms with Gasteiger partial charge in [-0.2, -0.15) is 0 Å². The van der Waals surface area contributed by atoms with E-state index in [4.69, 9.17) is 4.74 Å². The maximum Gasteiger partial charge on any atom is 0.133 e. The molecule has 0 bridgehead atoms. The van der Waals surface area contributed by atoms with Gasteiger partial charge in [0.15, 0.2) is 0 Å². The Morgan fingerprint density at radius 2 is 1.96 bits per heavy atom.